The van der Waals surface area contributed by atoms with Gasteiger partial charge in [-0.2, -0.15) is 0 Å². The van der Waals surface area contributed by atoms with Crippen LogP contribution in [0.5, 0.6) is 0 Å². The molecular weight excluding hydrogens is 250 g/mol. The highest BCUT2D eigenvalue weighted by Crippen LogP contribution is 2.32. The van der Waals surface area contributed by atoms with E-state index in [-0.39, 0.29) is 5.92 Å². The van der Waals surface area contributed by atoms with Gasteiger partial charge in [0.15, 0.2) is 0 Å². The lowest BCUT2D eigenvalue weighted by atomic mass is 9.75. The van der Waals surface area contributed by atoms with Crippen LogP contribution in [0, 0.1) is 24.7 Å². The Hall–Kier alpha value is -1.09. The van der Waals surface area contributed by atoms with E-state index in [2.05, 4.69) is 25.8 Å². The summed E-state index contributed by atoms with van der Waals surface area (Å²) in [6, 6.07) is 4.01. The highest BCUT2D eigenvalue weighted by Gasteiger charge is 2.30. The number of ketones is 1. The van der Waals surface area contributed by atoms with Gasteiger partial charge in [0.25, 0.3) is 0 Å². The van der Waals surface area contributed by atoms with Crippen molar-refractivity contribution in [1.82, 2.24) is 4.90 Å². The van der Waals surface area contributed by atoms with E-state index >= 15 is 0 Å². The fraction of sp³-hybridized carbons (Fsp3) is 0.706. The summed E-state index contributed by atoms with van der Waals surface area (Å²) in [5.41, 5.74) is 0. The second-order valence-electron chi connectivity index (χ2n) is 6.65. The summed E-state index contributed by atoms with van der Waals surface area (Å²) < 4.78 is 5.60. The van der Waals surface area contributed by atoms with E-state index in [4.69, 9.17) is 4.42 Å². The van der Waals surface area contributed by atoms with Gasteiger partial charge in [0.1, 0.15) is 17.3 Å². The van der Waals surface area contributed by atoms with E-state index in [0.29, 0.717) is 17.6 Å². The van der Waals surface area contributed by atoms with Crippen LogP contribution in [0.15, 0.2) is 16.5 Å². The zero-order valence-corrected chi connectivity index (χ0v) is 13.2. The molecule has 3 nitrogen and oxygen atoms in total. The quantitative estimate of drug-likeness (QED) is 0.823. The Kier molecular flexibility index (Phi) is 5.03. The highest BCUT2D eigenvalue weighted by molar-refractivity contribution is 5.82. The van der Waals surface area contributed by atoms with Crippen molar-refractivity contribution < 1.29 is 9.21 Å². The van der Waals surface area contributed by atoms with Gasteiger partial charge in [-0.15, -0.1) is 0 Å². The minimum absolute atomic E-state index is 0.206. The lowest BCUT2D eigenvalue weighted by Gasteiger charge is -2.32. The fourth-order valence-corrected chi connectivity index (χ4v) is 3.21. The fourth-order valence-electron chi connectivity index (χ4n) is 3.21. The Labute approximate surface area is 122 Å². The van der Waals surface area contributed by atoms with Crippen LogP contribution in [-0.2, 0) is 11.3 Å². The third-order valence-electron chi connectivity index (χ3n) is 4.50. The van der Waals surface area contributed by atoms with Crippen LogP contribution >= 0.6 is 0 Å². The number of nitrogens with zero attached hydrogens (tertiary/aromatic N) is 1. The molecule has 0 aliphatic heterocycles. The van der Waals surface area contributed by atoms with Crippen molar-refractivity contribution in [3.8, 4) is 0 Å². The van der Waals surface area contributed by atoms with Crippen LogP contribution in [0.2, 0.25) is 0 Å². The number of aryl methyl sites for hydroxylation is 1. The molecule has 1 aromatic rings. The number of hydrogen-bond donors (Lipinski definition) is 0. The van der Waals surface area contributed by atoms with Crippen LogP contribution in [0.25, 0.3) is 0 Å². The molecule has 1 saturated carbocycles. The maximum atomic E-state index is 12.1. The lowest BCUT2D eigenvalue weighted by Crippen LogP contribution is -2.35. The van der Waals surface area contributed by atoms with Crippen molar-refractivity contribution in [3.63, 3.8) is 0 Å². The third-order valence-corrected chi connectivity index (χ3v) is 4.50. The molecule has 2 unspecified atom stereocenters. The van der Waals surface area contributed by atoms with Crippen LogP contribution in [0.4, 0.5) is 0 Å². The molecule has 1 aliphatic rings. The molecule has 0 N–H and O–H groups in total. The van der Waals surface area contributed by atoms with Gasteiger partial charge in [-0.3, -0.25) is 9.69 Å². The Balaban J connectivity index is 1.88. The Morgan fingerprint density at radius 2 is 2.15 bits per heavy atom. The first-order chi connectivity index (χ1) is 9.45. The van der Waals surface area contributed by atoms with E-state index < -0.39 is 0 Å². The molecule has 0 radical (unpaired) electrons. The number of carbonyl (C=O) groups excluding carboxylic acids is 1. The molecule has 3 heteroatoms. The topological polar surface area (TPSA) is 33.5 Å². The van der Waals surface area contributed by atoms with Gasteiger partial charge >= 0.3 is 0 Å². The number of furan rings is 1. The van der Waals surface area contributed by atoms with Gasteiger partial charge in [-0.05, 0) is 50.8 Å². The Bertz CT molecular complexity index is 450. The van der Waals surface area contributed by atoms with Crippen LogP contribution in [0.3, 0.4) is 0 Å². The molecule has 2 rings (SSSR count). The summed E-state index contributed by atoms with van der Waals surface area (Å²) >= 11 is 0. The minimum Gasteiger partial charge on any atom is -0.465 e. The molecule has 1 fully saturated rings. The normalized spacial score (nSPS) is 23.8. The van der Waals surface area contributed by atoms with Crippen LogP contribution < -0.4 is 0 Å². The standard InChI is InChI=1S/C17H27NO2/c1-12(2)14-6-8-17(19)15(9-14)10-18(4)11-16-7-5-13(3)20-16/h5,7,12,14-15H,6,8-11H2,1-4H3. The predicted octanol–water partition coefficient (Wildman–Crippen LogP) is 3.66. The molecule has 112 valence electrons. The second kappa shape index (κ2) is 6.57. The first-order valence-electron chi connectivity index (χ1n) is 7.72. The van der Waals surface area contributed by atoms with Crippen molar-refractivity contribution in [2.75, 3.05) is 13.6 Å². The van der Waals surface area contributed by atoms with E-state index in [1.165, 1.54) is 0 Å². The number of Topliss-reactive ketones (excluding diaryl/α,β-unsaturated/α-hetero) is 1. The summed E-state index contributed by atoms with van der Waals surface area (Å²) in [6.07, 6.45) is 2.90. The van der Waals surface area contributed by atoms with Crippen molar-refractivity contribution in [3.05, 3.63) is 23.7 Å². The molecule has 0 bridgehead atoms. The summed E-state index contributed by atoms with van der Waals surface area (Å²) in [4.78, 5) is 14.3. The van der Waals surface area contributed by atoms with E-state index in [9.17, 15) is 4.79 Å². The molecule has 1 aliphatic carbocycles. The maximum Gasteiger partial charge on any atom is 0.137 e. The average molecular weight is 277 g/mol. The summed E-state index contributed by atoms with van der Waals surface area (Å²) in [5, 5.41) is 0. The van der Waals surface area contributed by atoms with E-state index in [1.807, 2.05) is 19.1 Å². The first kappa shape index (κ1) is 15.3. The van der Waals surface area contributed by atoms with Gasteiger partial charge in [0.05, 0.1) is 6.54 Å². The average Bonchev–Trinajstić information content (AvgIpc) is 2.77. The number of hydrogen-bond acceptors (Lipinski definition) is 3. The Morgan fingerprint density at radius 3 is 2.75 bits per heavy atom. The monoisotopic (exact) mass is 277 g/mol. The van der Waals surface area contributed by atoms with Crippen LogP contribution in [-0.4, -0.2) is 24.3 Å². The van der Waals surface area contributed by atoms with E-state index in [1.54, 1.807) is 0 Å². The molecule has 0 spiro atoms. The molecule has 20 heavy (non-hydrogen) atoms. The SMILES string of the molecule is Cc1ccc(CN(C)CC2CC(C(C)C)CCC2=O)o1. The van der Waals surface area contributed by atoms with Gasteiger partial charge in [0, 0.05) is 18.9 Å². The van der Waals surface area contributed by atoms with Gasteiger partial charge in [0.2, 0.25) is 0 Å². The molecule has 0 aromatic carbocycles. The van der Waals surface area contributed by atoms with Gasteiger partial charge < -0.3 is 4.42 Å². The number of carbonyl (C=O) groups is 1. The van der Waals surface area contributed by atoms with E-state index in [0.717, 1.165) is 43.9 Å². The molecule has 1 heterocycles. The molecule has 0 saturated heterocycles. The smallest absolute Gasteiger partial charge is 0.137 e. The number of rotatable bonds is 5. The molecule has 0 amide bonds. The predicted molar refractivity (Wildman–Crippen MR) is 80.5 cm³/mol. The van der Waals surface area contributed by atoms with Gasteiger partial charge in [-0.25, -0.2) is 0 Å². The summed E-state index contributed by atoms with van der Waals surface area (Å²) in [7, 11) is 2.07. The van der Waals surface area contributed by atoms with Crippen molar-refractivity contribution in [1.29, 1.82) is 0 Å². The van der Waals surface area contributed by atoms with Crippen LogP contribution in [0.1, 0.15) is 44.6 Å². The zero-order valence-electron chi connectivity index (χ0n) is 13.2. The molecule has 2 atom stereocenters. The van der Waals surface area contributed by atoms with Crippen molar-refractivity contribution in [2.24, 2.45) is 17.8 Å². The highest BCUT2D eigenvalue weighted by atomic mass is 16.3. The zero-order chi connectivity index (χ0) is 14.7. The second-order valence-corrected chi connectivity index (χ2v) is 6.65. The van der Waals surface area contributed by atoms with Crippen molar-refractivity contribution in [2.45, 2.75) is 46.6 Å². The first-order valence-corrected chi connectivity index (χ1v) is 7.72. The minimum atomic E-state index is 0.206. The Morgan fingerprint density at radius 1 is 1.40 bits per heavy atom. The lowest BCUT2D eigenvalue weighted by molar-refractivity contribution is -0.126. The molecule has 1 aromatic heterocycles. The summed E-state index contributed by atoms with van der Waals surface area (Å²) in [6.45, 7) is 8.13. The molecular formula is C17H27NO2. The van der Waals surface area contributed by atoms with Crippen molar-refractivity contribution >= 4 is 5.78 Å². The maximum absolute atomic E-state index is 12.1. The third kappa shape index (κ3) is 3.95. The van der Waals surface area contributed by atoms with Gasteiger partial charge in [-0.1, -0.05) is 13.8 Å². The summed E-state index contributed by atoms with van der Waals surface area (Å²) in [5.74, 6) is 3.97. The largest absolute Gasteiger partial charge is 0.465 e.